The molecule has 0 saturated carbocycles. The number of methoxy groups -OCH3 is 1. The molecule has 1 atom stereocenters. The van der Waals surface area contributed by atoms with Crippen LogP contribution in [0, 0.1) is 5.92 Å². The number of hydrogen-bond donors (Lipinski definition) is 1. The monoisotopic (exact) mass is 452 g/mol. The number of ether oxygens (including phenoxy) is 2. The van der Waals surface area contributed by atoms with Crippen LogP contribution in [0.1, 0.15) is 12.8 Å². The number of amides is 1. The van der Waals surface area contributed by atoms with E-state index in [4.69, 9.17) is 21.1 Å². The van der Waals surface area contributed by atoms with Crippen LogP contribution >= 0.6 is 11.6 Å². The molecule has 1 heterocycles. The van der Waals surface area contributed by atoms with Crippen molar-refractivity contribution in [3.05, 3.63) is 53.6 Å². The molecule has 0 radical (unpaired) electrons. The van der Waals surface area contributed by atoms with Gasteiger partial charge in [0.15, 0.2) is 0 Å². The summed E-state index contributed by atoms with van der Waals surface area (Å²) in [6.45, 7) is 1.22. The van der Waals surface area contributed by atoms with Crippen LogP contribution in [0.25, 0.3) is 0 Å². The Bertz CT molecular complexity index is 948. The zero-order valence-corrected chi connectivity index (χ0v) is 18.3. The maximum atomic E-state index is 12.9. The number of nitrogens with one attached hydrogen (secondary N) is 1. The minimum atomic E-state index is -3.66. The molecule has 30 heavy (non-hydrogen) atoms. The topological polar surface area (TPSA) is 84.9 Å². The van der Waals surface area contributed by atoms with E-state index in [0.29, 0.717) is 49.1 Å². The summed E-state index contributed by atoms with van der Waals surface area (Å²) in [6, 6.07) is 13.2. The fraction of sp³-hybridized carbons (Fsp3) is 0.381. The van der Waals surface area contributed by atoms with Crippen molar-refractivity contribution in [1.82, 2.24) is 9.62 Å². The van der Waals surface area contributed by atoms with Gasteiger partial charge in [0, 0.05) is 18.1 Å². The van der Waals surface area contributed by atoms with Crippen molar-refractivity contribution in [3.63, 3.8) is 0 Å². The Morgan fingerprint density at radius 3 is 2.47 bits per heavy atom. The molecular weight excluding hydrogens is 428 g/mol. The van der Waals surface area contributed by atoms with Gasteiger partial charge in [0.25, 0.3) is 0 Å². The van der Waals surface area contributed by atoms with Gasteiger partial charge in [0.05, 0.1) is 24.5 Å². The summed E-state index contributed by atoms with van der Waals surface area (Å²) >= 11 is 5.83. The van der Waals surface area contributed by atoms with Crippen LogP contribution in [0.5, 0.6) is 11.5 Å². The minimum Gasteiger partial charge on any atom is -0.497 e. The number of sulfonamides is 1. The largest absolute Gasteiger partial charge is 0.497 e. The number of carbonyl (C=O) groups excluding carboxylic acids is 1. The SMILES string of the molecule is COc1ccc(S(=O)(=O)N2CCCC(C(=O)NCCOc3ccc(Cl)cc3)C2)cc1. The second-order valence-corrected chi connectivity index (χ2v) is 9.35. The highest BCUT2D eigenvalue weighted by Gasteiger charge is 2.33. The highest BCUT2D eigenvalue weighted by molar-refractivity contribution is 7.89. The molecule has 7 nitrogen and oxygen atoms in total. The number of halogens is 1. The summed E-state index contributed by atoms with van der Waals surface area (Å²) in [4.78, 5) is 12.7. The number of carbonyl (C=O) groups is 1. The van der Waals surface area contributed by atoms with Gasteiger partial charge in [-0.15, -0.1) is 0 Å². The lowest BCUT2D eigenvalue weighted by Crippen LogP contribution is -2.45. The third-order valence-electron chi connectivity index (χ3n) is 4.94. The summed E-state index contributed by atoms with van der Waals surface area (Å²) in [6.07, 6.45) is 1.28. The average Bonchev–Trinajstić information content (AvgIpc) is 2.78. The Balaban J connectivity index is 1.51. The van der Waals surface area contributed by atoms with E-state index < -0.39 is 10.0 Å². The first-order chi connectivity index (χ1) is 14.4. The van der Waals surface area contributed by atoms with E-state index in [1.54, 1.807) is 36.4 Å². The quantitative estimate of drug-likeness (QED) is 0.622. The number of benzene rings is 2. The van der Waals surface area contributed by atoms with Crippen LogP contribution in [-0.4, -0.2) is 52.0 Å². The summed E-state index contributed by atoms with van der Waals surface area (Å²) in [5.41, 5.74) is 0. The summed E-state index contributed by atoms with van der Waals surface area (Å²) in [5.74, 6) is 0.709. The zero-order chi connectivity index (χ0) is 21.6. The van der Waals surface area contributed by atoms with Crippen LogP contribution in [0.3, 0.4) is 0 Å². The molecule has 1 unspecified atom stereocenters. The predicted octanol–water partition coefficient (Wildman–Crippen LogP) is 2.94. The lowest BCUT2D eigenvalue weighted by Gasteiger charge is -2.31. The molecule has 1 N–H and O–H groups in total. The lowest BCUT2D eigenvalue weighted by molar-refractivity contribution is -0.126. The van der Waals surface area contributed by atoms with Crippen LogP contribution < -0.4 is 14.8 Å². The molecule has 1 saturated heterocycles. The van der Waals surface area contributed by atoms with Gasteiger partial charge in [0.1, 0.15) is 18.1 Å². The van der Waals surface area contributed by atoms with Crippen molar-refractivity contribution >= 4 is 27.5 Å². The van der Waals surface area contributed by atoms with E-state index in [9.17, 15) is 13.2 Å². The van der Waals surface area contributed by atoms with Gasteiger partial charge in [0.2, 0.25) is 15.9 Å². The second-order valence-electron chi connectivity index (χ2n) is 6.97. The molecule has 0 spiro atoms. The van der Waals surface area contributed by atoms with Crippen molar-refractivity contribution in [2.45, 2.75) is 17.7 Å². The molecule has 1 aliphatic heterocycles. The molecule has 1 fully saturated rings. The first-order valence-corrected chi connectivity index (χ1v) is 11.5. The van der Waals surface area contributed by atoms with E-state index in [1.165, 1.54) is 23.5 Å². The summed E-state index contributed by atoms with van der Waals surface area (Å²) < 4.78 is 37.9. The van der Waals surface area contributed by atoms with E-state index in [2.05, 4.69) is 5.32 Å². The molecule has 1 amide bonds. The van der Waals surface area contributed by atoms with Gasteiger partial charge in [-0.25, -0.2) is 8.42 Å². The summed E-state index contributed by atoms with van der Waals surface area (Å²) in [5, 5.41) is 3.46. The standard InChI is InChI=1S/C21H25ClN2O5S/c1-28-18-8-10-20(11-9-18)30(26,27)24-13-2-3-16(15-24)21(25)23-12-14-29-19-6-4-17(22)5-7-19/h4-11,16H,2-3,12-15H2,1H3,(H,23,25). The zero-order valence-electron chi connectivity index (χ0n) is 16.7. The van der Waals surface area contributed by atoms with Crippen molar-refractivity contribution in [3.8, 4) is 11.5 Å². The van der Waals surface area contributed by atoms with Crippen LogP contribution in [-0.2, 0) is 14.8 Å². The smallest absolute Gasteiger partial charge is 0.243 e. The Morgan fingerprint density at radius 1 is 1.13 bits per heavy atom. The number of piperidine rings is 1. The number of nitrogens with zero attached hydrogens (tertiary/aromatic N) is 1. The predicted molar refractivity (Wildman–Crippen MR) is 114 cm³/mol. The molecule has 0 bridgehead atoms. The van der Waals surface area contributed by atoms with Gasteiger partial charge in [-0.3, -0.25) is 4.79 Å². The normalized spacial score (nSPS) is 17.3. The van der Waals surface area contributed by atoms with Gasteiger partial charge in [-0.2, -0.15) is 4.31 Å². The first kappa shape index (κ1) is 22.4. The molecule has 2 aromatic rings. The van der Waals surface area contributed by atoms with Crippen molar-refractivity contribution in [2.24, 2.45) is 5.92 Å². The second kappa shape index (κ2) is 10.1. The minimum absolute atomic E-state index is 0.163. The Kier molecular flexibility index (Phi) is 7.58. The Morgan fingerprint density at radius 2 is 1.80 bits per heavy atom. The molecule has 3 rings (SSSR count). The Hall–Kier alpha value is -2.29. The Labute approximate surface area is 182 Å². The molecule has 162 valence electrons. The fourth-order valence-electron chi connectivity index (χ4n) is 3.29. The molecule has 1 aliphatic rings. The van der Waals surface area contributed by atoms with Crippen molar-refractivity contribution in [2.75, 3.05) is 33.4 Å². The van der Waals surface area contributed by atoms with Crippen LogP contribution in [0.2, 0.25) is 5.02 Å². The molecule has 9 heteroatoms. The highest BCUT2D eigenvalue weighted by atomic mass is 35.5. The lowest BCUT2D eigenvalue weighted by atomic mass is 9.99. The van der Waals surface area contributed by atoms with E-state index in [1.807, 2.05) is 0 Å². The third-order valence-corrected chi connectivity index (χ3v) is 7.07. The van der Waals surface area contributed by atoms with Crippen molar-refractivity contribution in [1.29, 1.82) is 0 Å². The summed E-state index contributed by atoms with van der Waals surface area (Å²) in [7, 11) is -2.13. The maximum absolute atomic E-state index is 12.9. The van der Waals surface area contributed by atoms with Gasteiger partial charge < -0.3 is 14.8 Å². The highest BCUT2D eigenvalue weighted by Crippen LogP contribution is 2.25. The van der Waals surface area contributed by atoms with E-state index in [0.717, 1.165) is 0 Å². The fourth-order valence-corrected chi connectivity index (χ4v) is 4.94. The molecule has 2 aromatic carbocycles. The molecule has 0 aliphatic carbocycles. The van der Waals surface area contributed by atoms with E-state index in [-0.39, 0.29) is 23.3 Å². The maximum Gasteiger partial charge on any atom is 0.243 e. The van der Waals surface area contributed by atoms with Crippen LogP contribution in [0.15, 0.2) is 53.4 Å². The number of hydrogen-bond acceptors (Lipinski definition) is 5. The number of rotatable bonds is 8. The molecular formula is C21H25ClN2O5S. The van der Waals surface area contributed by atoms with Gasteiger partial charge >= 0.3 is 0 Å². The van der Waals surface area contributed by atoms with Crippen LogP contribution in [0.4, 0.5) is 0 Å². The van der Waals surface area contributed by atoms with Crippen molar-refractivity contribution < 1.29 is 22.7 Å². The third kappa shape index (κ3) is 5.65. The van der Waals surface area contributed by atoms with E-state index >= 15 is 0 Å². The first-order valence-electron chi connectivity index (χ1n) is 9.70. The van der Waals surface area contributed by atoms with Gasteiger partial charge in [-0.05, 0) is 61.4 Å². The van der Waals surface area contributed by atoms with Gasteiger partial charge in [-0.1, -0.05) is 11.6 Å². The average molecular weight is 453 g/mol. The molecule has 0 aromatic heterocycles.